The first kappa shape index (κ1) is 13.7. The van der Waals surface area contributed by atoms with Crippen LogP contribution < -0.4 is 10.9 Å². The van der Waals surface area contributed by atoms with Crippen molar-refractivity contribution in [1.82, 2.24) is 0 Å². The van der Waals surface area contributed by atoms with Gasteiger partial charge >= 0.3 is 0 Å². The summed E-state index contributed by atoms with van der Waals surface area (Å²) >= 11 is 0. The molecule has 0 aliphatic carbocycles. The van der Waals surface area contributed by atoms with E-state index in [1.54, 1.807) is 0 Å². The fourth-order valence-electron chi connectivity index (χ4n) is 4.44. The maximum atomic E-state index is 13.2. The van der Waals surface area contributed by atoms with Gasteiger partial charge in [0.05, 0.1) is 0 Å². The van der Waals surface area contributed by atoms with E-state index >= 15 is 0 Å². The fourth-order valence-corrected chi connectivity index (χ4v) is 4.44. The van der Waals surface area contributed by atoms with Gasteiger partial charge in [-0.2, -0.15) is 0 Å². The van der Waals surface area contributed by atoms with E-state index in [0.29, 0.717) is 10.8 Å². The molecule has 0 spiro atoms. The summed E-state index contributed by atoms with van der Waals surface area (Å²) in [4.78, 5) is 26.0. The minimum Gasteiger partial charge on any atom is -0.289 e. The van der Waals surface area contributed by atoms with Gasteiger partial charge in [-0.3, -0.25) is 9.59 Å². The molecule has 0 unspecified atom stereocenters. The highest BCUT2D eigenvalue weighted by Gasteiger charge is 2.19. The van der Waals surface area contributed by atoms with Crippen molar-refractivity contribution in [3.63, 3.8) is 0 Å². The van der Waals surface area contributed by atoms with Crippen molar-refractivity contribution in [2.75, 3.05) is 0 Å². The summed E-state index contributed by atoms with van der Waals surface area (Å²) < 4.78 is 0. The second-order valence-electron chi connectivity index (χ2n) is 6.82. The first-order valence-corrected chi connectivity index (χ1v) is 8.63. The normalized spacial score (nSPS) is 12.2. The zero-order valence-electron chi connectivity index (χ0n) is 13.7. The Kier molecular flexibility index (Phi) is 2.41. The Hall–Kier alpha value is -3.52. The topological polar surface area (TPSA) is 34.1 Å². The minimum absolute atomic E-state index is 0.0417. The molecule has 0 aromatic heterocycles. The molecule has 6 aromatic carbocycles. The lowest BCUT2D eigenvalue weighted by atomic mass is 10.0. The lowest BCUT2D eigenvalue weighted by Gasteiger charge is -2.00. The van der Waals surface area contributed by atoms with Gasteiger partial charge in [0.15, 0.2) is 10.9 Å². The van der Waals surface area contributed by atoms with E-state index in [0.717, 1.165) is 43.1 Å². The third kappa shape index (κ3) is 1.48. The smallest absolute Gasteiger partial charge is 0.194 e. The summed E-state index contributed by atoms with van der Waals surface area (Å²) in [5.41, 5.74) is 0.0894. The van der Waals surface area contributed by atoms with E-state index in [1.807, 2.05) is 66.7 Å². The molecule has 0 N–H and O–H groups in total. The van der Waals surface area contributed by atoms with E-state index in [1.165, 1.54) is 0 Å². The molecular formula is C24H12O2. The van der Waals surface area contributed by atoms with Crippen molar-refractivity contribution in [2.24, 2.45) is 0 Å². The average Bonchev–Trinajstić information content (AvgIpc) is 3.15. The molecule has 0 bridgehead atoms. The van der Waals surface area contributed by atoms with Crippen LogP contribution in [0.5, 0.6) is 0 Å². The highest BCUT2D eigenvalue weighted by Crippen LogP contribution is 2.37. The van der Waals surface area contributed by atoms with Crippen LogP contribution in [-0.2, 0) is 0 Å². The van der Waals surface area contributed by atoms with Gasteiger partial charge in [0.1, 0.15) is 0 Å². The molecule has 120 valence electrons. The summed E-state index contributed by atoms with van der Waals surface area (Å²) in [6.45, 7) is 0. The summed E-state index contributed by atoms with van der Waals surface area (Å²) in [6.07, 6.45) is 0. The van der Waals surface area contributed by atoms with E-state index in [-0.39, 0.29) is 10.9 Å². The molecule has 0 aliphatic rings. The molecule has 0 saturated heterocycles. The molecule has 26 heavy (non-hydrogen) atoms. The molecule has 0 radical (unpaired) electrons. The van der Waals surface area contributed by atoms with Crippen LogP contribution in [0.1, 0.15) is 0 Å². The predicted molar refractivity (Wildman–Crippen MR) is 109 cm³/mol. The van der Waals surface area contributed by atoms with Crippen molar-refractivity contribution in [3.05, 3.63) is 93.2 Å². The Morgan fingerprint density at radius 3 is 1.77 bits per heavy atom. The first-order valence-electron chi connectivity index (χ1n) is 8.63. The Bertz CT molecular complexity index is 1610. The lowest BCUT2D eigenvalue weighted by Crippen LogP contribution is -1.95. The van der Waals surface area contributed by atoms with Crippen molar-refractivity contribution in [1.29, 1.82) is 0 Å². The van der Waals surface area contributed by atoms with Gasteiger partial charge in [-0.25, -0.2) is 0 Å². The monoisotopic (exact) mass is 332 g/mol. The predicted octanol–water partition coefficient (Wildman–Crippen LogP) is 5.05. The SMILES string of the molecule is O=c1c2ccccc2c2c1ccc1c(=O)c3c4ccccc4ccc3c12. The van der Waals surface area contributed by atoms with Crippen LogP contribution in [0.15, 0.2) is 82.4 Å². The lowest BCUT2D eigenvalue weighted by molar-refractivity contribution is 1.79. The van der Waals surface area contributed by atoms with E-state index < -0.39 is 0 Å². The molecule has 0 aliphatic heterocycles. The summed E-state index contributed by atoms with van der Waals surface area (Å²) in [5, 5.41) is 8.57. The van der Waals surface area contributed by atoms with Crippen LogP contribution in [0, 0.1) is 0 Å². The summed E-state index contributed by atoms with van der Waals surface area (Å²) in [7, 11) is 0. The van der Waals surface area contributed by atoms with Gasteiger partial charge in [0.25, 0.3) is 0 Å². The molecule has 0 atom stereocenters. The largest absolute Gasteiger partial charge is 0.289 e. The van der Waals surface area contributed by atoms with Gasteiger partial charge in [-0.15, -0.1) is 0 Å². The van der Waals surface area contributed by atoms with Crippen LogP contribution in [0.4, 0.5) is 0 Å². The molecule has 2 heteroatoms. The standard InChI is InChI=1S/C24H12O2/c25-23-16-8-4-3-7-15(16)20-18(23)11-12-19-21(20)17-10-9-13-5-1-2-6-14(13)22(17)24(19)26/h1-12H. The quantitative estimate of drug-likeness (QED) is 0.390. The highest BCUT2D eigenvalue weighted by molar-refractivity contribution is 6.33. The molecular weight excluding hydrogens is 320 g/mol. The second-order valence-corrected chi connectivity index (χ2v) is 6.82. The second kappa shape index (κ2) is 4.55. The zero-order chi connectivity index (χ0) is 17.4. The maximum absolute atomic E-state index is 13.2. The van der Waals surface area contributed by atoms with Gasteiger partial charge in [-0.1, -0.05) is 60.7 Å². The molecule has 6 aromatic rings. The number of benzene rings is 4. The van der Waals surface area contributed by atoms with E-state index in [9.17, 15) is 9.59 Å². The average molecular weight is 332 g/mol. The van der Waals surface area contributed by atoms with Gasteiger partial charge in [0, 0.05) is 32.3 Å². The molecule has 2 nitrogen and oxygen atoms in total. The summed E-state index contributed by atoms with van der Waals surface area (Å²) in [6, 6.07) is 23.3. The zero-order valence-corrected chi connectivity index (χ0v) is 13.7. The van der Waals surface area contributed by atoms with Gasteiger partial charge < -0.3 is 0 Å². The molecule has 0 amide bonds. The van der Waals surface area contributed by atoms with Crippen molar-refractivity contribution in [3.8, 4) is 0 Å². The molecule has 0 fully saturated rings. The van der Waals surface area contributed by atoms with E-state index in [4.69, 9.17) is 0 Å². The van der Waals surface area contributed by atoms with Gasteiger partial charge in [0.2, 0.25) is 0 Å². The van der Waals surface area contributed by atoms with Crippen LogP contribution in [0.25, 0.3) is 53.9 Å². The Balaban J connectivity index is 2.03. The van der Waals surface area contributed by atoms with Crippen molar-refractivity contribution >= 4 is 53.9 Å². The Morgan fingerprint density at radius 1 is 0.385 bits per heavy atom. The van der Waals surface area contributed by atoms with Crippen molar-refractivity contribution < 1.29 is 0 Å². The van der Waals surface area contributed by atoms with Crippen LogP contribution >= 0.6 is 0 Å². The fraction of sp³-hybridized carbons (Fsp3) is 0. The number of fused-ring (bicyclic) bond motifs is 9. The number of hydrogen-bond acceptors (Lipinski definition) is 2. The van der Waals surface area contributed by atoms with E-state index in [2.05, 4.69) is 6.07 Å². The third-order valence-corrected chi connectivity index (χ3v) is 5.56. The molecule has 0 saturated carbocycles. The Morgan fingerprint density at radius 2 is 0.962 bits per heavy atom. The van der Waals surface area contributed by atoms with Crippen molar-refractivity contribution in [2.45, 2.75) is 0 Å². The maximum Gasteiger partial charge on any atom is 0.194 e. The van der Waals surface area contributed by atoms with Gasteiger partial charge in [-0.05, 0) is 33.7 Å². The molecule has 6 rings (SSSR count). The first-order chi connectivity index (χ1) is 12.8. The summed E-state index contributed by atoms with van der Waals surface area (Å²) in [5.74, 6) is 0. The highest BCUT2D eigenvalue weighted by atomic mass is 16.1. The third-order valence-electron chi connectivity index (χ3n) is 5.56. The number of hydrogen-bond donors (Lipinski definition) is 0. The Labute approximate surface area is 147 Å². The van der Waals surface area contributed by atoms with Crippen LogP contribution in [0.2, 0.25) is 0 Å². The molecule has 0 heterocycles. The minimum atomic E-state index is 0.0417. The van der Waals surface area contributed by atoms with Crippen LogP contribution in [0.3, 0.4) is 0 Å². The van der Waals surface area contributed by atoms with Crippen LogP contribution in [-0.4, -0.2) is 0 Å². The number of rotatable bonds is 0.